The van der Waals surface area contributed by atoms with Crippen LogP contribution in [-0.2, 0) is 13.1 Å². The van der Waals surface area contributed by atoms with Gasteiger partial charge in [-0.15, -0.1) is 0 Å². The lowest BCUT2D eigenvalue weighted by Crippen LogP contribution is -2.13. The molecule has 2 rings (SSSR count). The highest BCUT2D eigenvalue weighted by molar-refractivity contribution is 9.10. The summed E-state index contributed by atoms with van der Waals surface area (Å²) in [6.45, 7) is 1.57. The second-order valence-corrected chi connectivity index (χ2v) is 5.27. The fourth-order valence-corrected chi connectivity index (χ4v) is 2.32. The highest BCUT2D eigenvalue weighted by Gasteiger charge is 2.02. The highest BCUT2D eigenvalue weighted by Crippen LogP contribution is 2.22. The Balaban J connectivity index is 1.95. The van der Waals surface area contributed by atoms with Gasteiger partial charge in [-0.2, -0.15) is 0 Å². The van der Waals surface area contributed by atoms with Crippen LogP contribution in [0.25, 0.3) is 0 Å². The maximum absolute atomic E-state index is 5.24. The van der Waals surface area contributed by atoms with Gasteiger partial charge in [-0.1, -0.05) is 28.1 Å². The predicted molar refractivity (Wildman–Crippen MR) is 84.2 cm³/mol. The first kappa shape index (κ1) is 14.9. The maximum atomic E-state index is 5.24. The molecule has 0 aliphatic rings. The van der Waals surface area contributed by atoms with E-state index in [2.05, 4.69) is 27.3 Å². The lowest BCUT2D eigenvalue weighted by atomic mass is 10.2. The standard InChI is InChI=1S/C16H18BrNO2/c1-19-14-5-3-4-12(8-14)10-18-11-13-9-15(20-2)6-7-16(13)17/h3-9,18H,10-11H2,1-2H3. The van der Waals surface area contributed by atoms with E-state index in [1.807, 2.05) is 36.4 Å². The van der Waals surface area contributed by atoms with Gasteiger partial charge in [0.15, 0.2) is 0 Å². The number of halogens is 1. The summed E-state index contributed by atoms with van der Waals surface area (Å²) < 4.78 is 11.5. The molecule has 0 aliphatic carbocycles. The molecule has 2 aromatic rings. The zero-order chi connectivity index (χ0) is 14.4. The van der Waals surface area contributed by atoms with Crippen LogP contribution >= 0.6 is 15.9 Å². The molecular weight excluding hydrogens is 318 g/mol. The van der Waals surface area contributed by atoms with Crippen LogP contribution in [0.15, 0.2) is 46.9 Å². The Morgan fingerprint density at radius 1 is 0.950 bits per heavy atom. The first-order valence-electron chi connectivity index (χ1n) is 6.39. The third-order valence-electron chi connectivity index (χ3n) is 3.03. The smallest absolute Gasteiger partial charge is 0.119 e. The Labute approximate surface area is 128 Å². The topological polar surface area (TPSA) is 30.5 Å². The molecule has 0 bridgehead atoms. The second kappa shape index (κ2) is 7.31. The molecule has 0 saturated carbocycles. The van der Waals surface area contributed by atoms with Crippen LogP contribution in [0.2, 0.25) is 0 Å². The van der Waals surface area contributed by atoms with Gasteiger partial charge in [0.2, 0.25) is 0 Å². The summed E-state index contributed by atoms with van der Waals surface area (Å²) in [5.74, 6) is 1.75. The van der Waals surface area contributed by atoms with E-state index in [1.165, 1.54) is 11.1 Å². The number of nitrogens with one attached hydrogen (secondary N) is 1. The van der Waals surface area contributed by atoms with Gasteiger partial charge in [0.05, 0.1) is 14.2 Å². The molecule has 0 spiro atoms. The average Bonchev–Trinajstić information content (AvgIpc) is 2.49. The molecule has 106 valence electrons. The molecule has 0 radical (unpaired) electrons. The van der Waals surface area contributed by atoms with Crippen LogP contribution in [0.3, 0.4) is 0 Å². The molecule has 3 nitrogen and oxygen atoms in total. The second-order valence-electron chi connectivity index (χ2n) is 4.41. The Bertz CT molecular complexity index is 572. The molecule has 0 atom stereocenters. The molecule has 0 unspecified atom stereocenters. The summed E-state index contributed by atoms with van der Waals surface area (Å²) in [5.41, 5.74) is 2.37. The van der Waals surface area contributed by atoms with Gasteiger partial charge >= 0.3 is 0 Å². The summed E-state index contributed by atoms with van der Waals surface area (Å²) >= 11 is 3.55. The summed E-state index contributed by atoms with van der Waals surface area (Å²) in [6, 6.07) is 14.0. The van der Waals surface area contributed by atoms with Gasteiger partial charge in [-0.3, -0.25) is 0 Å². The van der Waals surface area contributed by atoms with Gasteiger partial charge in [-0.05, 0) is 41.5 Å². The van der Waals surface area contributed by atoms with Crippen molar-refractivity contribution in [3.05, 3.63) is 58.1 Å². The lowest BCUT2D eigenvalue weighted by Gasteiger charge is -2.09. The van der Waals surface area contributed by atoms with Gasteiger partial charge in [0.1, 0.15) is 11.5 Å². The molecule has 20 heavy (non-hydrogen) atoms. The Morgan fingerprint density at radius 3 is 2.45 bits per heavy atom. The van der Waals surface area contributed by atoms with E-state index in [9.17, 15) is 0 Å². The fraction of sp³-hybridized carbons (Fsp3) is 0.250. The van der Waals surface area contributed by atoms with E-state index in [1.54, 1.807) is 14.2 Å². The van der Waals surface area contributed by atoms with Crippen molar-refractivity contribution in [1.82, 2.24) is 5.32 Å². The zero-order valence-corrected chi connectivity index (χ0v) is 13.2. The molecule has 1 N–H and O–H groups in total. The van der Waals surface area contributed by atoms with Crippen molar-refractivity contribution in [2.24, 2.45) is 0 Å². The first-order chi connectivity index (χ1) is 9.72. The SMILES string of the molecule is COc1cccc(CNCc2cc(OC)ccc2Br)c1. The Hall–Kier alpha value is -1.52. The van der Waals surface area contributed by atoms with Crippen LogP contribution in [0.5, 0.6) is 11.5 Å². The fourth-order valence-electron chi connectivity index (χ4n) is 1.94. The van der Waals surface area contributed by atoms with Crippen LogP contribution in [0.4, 0.5) is 0 Å². The number of rotatable bonds is 6. The monoisotopic (exact) mass is 335 g/mol. The molecule has 2 aromatic carbocycles. The van der Waals surface area contributed by atoms with Crippen molar-refractivity contribution in [2.75, 3.05) is 14.2 Å². The van der Waals surface area contributed by atoms with Crippen molar-refractivity contribution >= 4 is 15.9 Å². The molecule has 0 saturated heterocycles. The van der Waals surface area contributed by atoms with Crippen LogP contribution in [0, 0.1) is 0 Å². The largest absolute Gasteiger partial charge is 0.497 e. The van der Waals surface area contributed by atoms with Crippen molar-refractivity contribution in [1.29, 1.82) is 0 Å². The van der Waals surface area contributed by atoms with E-state index < -0.39 is 0 Å². The van der Waals surface area contributed by atoms with Crippen molar-refractivity contribution in [3.63, 3.8) is 0 Å². The number of ether oxygens (including phenoxy) is 2. The third kappa shape index (κ3) is 3.99. The van der Waals surface area contributed by atoms with Gasteiger partial charge in [-0.25, -0.2) is 0 Å². The van der Waals surface area contributed by atoms with E-state index in [4.69, 9.17) is 9.47 Å². The van der Waals surface area contributed by atoms with Crippen LogP contribution in [-0.4, -0.2) is 14.2 Å². The number of hydrogen-bond acceptors (Lipinski definition) is 3. The molecule has 0 aliphatic heterocycles. The summed E-state index contributed by atoms with van der Waals surface area (Å²) in [6.07, 6.45) is 0. The summed E-state index contributed by atoms with van der Waals surface area (Å²) in [5, 5.41) is 3.42. The van der Waals surface area contributed by atoms with Gasteiger partial charge in [0.25, 0.3) is 0 Å². The molecular formula is C16H18BrNO2. The minimum Gasteiger partial charge on any atom is -0.497 e. The number of benzene rings is 2. The average molecular weight is 336 g/mol. The molecule has 0 aromatic heterocycles. The quantitative estimate of drug-likeness (QED) is 0.871. The summed E-state index contributed by atoms with van der Waals surface area (Å²) in [7, 11) is 3.36. The van der Waals surface area contributed by atoms with Gasteiger partial charge < -0.3 is 14.8 Å². The summed E-state index contributed by atoms with van der Waals surface area (Å²) in [4.78, 5) is 0. The van der Waals surface area contributed by atoms with E-state index in [0.717, 1.165) is 29.1 Å². The Morgan fingerprint density at radius 2 is 1.70 bits per heavy atom. The van der Waals surface area contributed by atoms with Crippen LogP contribution < -0.4 is 14.8 Å². The predicted octanol–water partition coefficient (Wildman–Crippen LogP) is 3.76. The third-order valence-corrected chi connectivity index (χ3v) is 3.81. The van der Waals surface area contributed by atoms with E-state index in [-0.39, 0.29) is 0 Å². The molecule has 4 heteroatoms. The van der Waals surface area contributed by atoms with Crippen molar-refractivity contribution < 1.29 is 9.47 Å². The van der Waals surface area contributed by atoms with E-state index >= 15 is 0 Å². The van der Waals surface area contributed by atoms with E-state index in [0.29, 0.717) is 0 Å². The Kier molecular flexibility index (Phi) is 5.44. The van der Waals surface area contributed by atoms with Crippen LogP contribution in [0.1, 0.15) is 11.1 Å². The lowest BCUT2D eigenvalue weighted by molar-refractivity contribution is 0.413. The normalized spacial score (nSPS) is 10.3. The van der Waals surface area contributed by atoms with Gasteiger partial charge in [0, 0.05) is 17.6 Å². The zero-order valence-electron chi connectivity index (χ0n) is 11.7. The molecule has 0 heterocycles. The minimum atomic E-state index is 0.773. The minimum absolute atomic E-state index is 0.773. The number of methoxy groups -OCH3 is 2. The van der Waals surface area contributed by atoms with Crippen molar-refractivity contribution in [2.45, 2.75) is 13.1 Å². The number of hydrogen-bond donors (Lipinski definition) is 1. The first-order valence-corrected chi connectivity index (χ1v) is 7.18. The molecule has 0 amide bonds. The molecule has 0 fully saturated rings. The highest BCUT2D eigenvalue weighted by atomic mass is 79.9. The van der Waals surface area contributed by atoms with Crippen molar-refractivity contribution in [3.8, 4) is 11.5 Å². The maximum Gasteiger partial charge on any atom is 0.119 e.